The molecule has 2 aromatic carbocycles. The lowest BCUT2D eigenvalue weighted by Gasteiger charge is -2.32. The third kappa shape index (κ3) is 5.67. The zero-order chi connectivity index (χ0) is 23.1. The number of carbonyl (C=O) groups excluding carboxylic acids is 2. The van der Waals surface area contributed by atoms with Gasteiger partial charge in [-0.2, -0.15) is 0 Å². The van der Waals surface area contributed by atoms with Crippen molar-refractivity contribution in [3.8, 4) is 5.75 Å². The summed E-state index contributed by atoms with van der Waals surface area (Å²) in [6.45, 7) is 4.84. The van der Waals surface area contributed by atoms with Crippen molar-refractivity contribution in [2.75, 3.05) is 31.5 Å². The number of hydrogen-bond acceptors (Lipinski definition) is 5. The second kappa shape index (κ2) is 10.3. The number of nitrogens with one attached hydrogen (secondary N) is 2. The van der Waals surface area contributed by atoms with E-state index in [0.717, 1.165) is 6.42 Å². The molecule has 1 atom stereocenters. The van der Waals surface area contributed by atoms with Crippen LogP contribution in [0.5, 0.6) is 5.75 Å². The number of ether oxygens (including phenoxy) is 1. The number of amides is 2. The zero-order valence-corrected chi connectivity index (χ0v) is 18.7. The number of piperidine rings is 1. The molecule has 0 bridgehead atoms. The SMILES string of the molecule is C=CCNC(=O)C1CCCN(C(=O)c2cccc(NS(=O)(=O)c3cccc(OC)c3)c2)C1. The molecule has 3 rings (SSSR count). The molecule has 2 N–H and O–H groups in total. The first kappa shape index (κ1) is 23.3. The van der Waals surface area contributed by atoms with E-state index in [0.29, 0.717) is 37.4 Å². The number of nitrogens with zero attached hydrogens (tertiary/aromatic N) is 1. The molecule has 170 valence electrons. The summed E-state index contributed by atoms with van der Waals surface area (Å²) in [4.78, 5) is 27.0. The van der Waals surface area contributed by atoms with Gasteiger partial charge < -0.3 is 15.0 Å². The average molecular weight is 458 g/mol. The van der Waals surface area contributed by atoms with Gasteiger partial charge in [0.05, 0.1) is 17.9 Å². The molecule has 0 aromatic heterocycles. The summed E-state index contributed by atoms with van der Waals surface area (Å²) in [5, 5.41) is 2.78. The van der Waals surface area contributed by atoms with Gasteiger partial charge in [0.2, 0.25) is 5.91 Å². The van der Waals surface area contributed by atoms with Crippen molar-refractivity contribution in [2.24, 2.45) is 5.92 Å². The van der Waals surface area contributed by atoms with E-state index in [-0.39, 0.29) is 28.3 Å². The van der Waals surface area contributed by atoms with E-state index in [1.165, 1.54) is 25.3 Å². The van der Waals surface area contributed by atoms with Crippen molar-refractivity contribution in [3.63, 3.8) is 0 Å². The Morgan fingerprint density at radius 1 is 1.22 bits per heavy atom. The smallest absolute Gasteiger partial charge is 0.262 e. The van der Waals surface area contributed by atoms with Gasteiger partial charge in [0.15, 0.2) is 0 Å². The average Bonchev–Trinajstić information content (AvgIpc) is 2.82. The normalized spacial score (nSPS) is 16.2. The molecule has 0 radical (unpaired) electrons. The molecule has 0 saturated carbocycles. The van der Waals surface area contributed by atoms with Crippen molar-refractivity contribution in [3.05, 3.63) is 66.7 Å². The first-order valence-corrected chi connectivity index (χ1v) is 11.8. The molecule has 0 spiro atoms. The molecule has 1 unspecified atom stereocenters. The number of methoxy groups -OCH3 is 1. The van der Waals surface area contributed by atoms with Crippen LogP contribution in [-0.2, 0) is 14.8 Å². The predicted molar refractivity (Wildman–Crippen MR) is 122 cm³/mol. The van der Waals surface area contributed by atoms with Gasteiger partial charge in [-0.05, 0) is 43.2 Å². The third-order valence-corrected chi connectivity index (χ3v) is 6.59. The van der Waals surface area contributed by atoms with Gasteiger partial charge in [-0.3, -0.25) is 14.3 Å². The zero-order valence-electron chi connectivity index (χ0n) is 17.9. The highest BCUT2D eigenvalue weighted by molar-refractivity contribution is 7.92. The molecule has 0 aliphatic carbocycles. The quantitative estimate of drug-likeness (QED) is 0.593. The highest BCUT2D eigenvalue weighted by atomic mass is 32.2. The van der Waals surface area contributed by atoms with Crippen molar-refractivity contribution in [1.29, 1.82) is 0 Å². The highest BCUT2D eigenvalue weighted by Crippen LogP contribution is 2.23. The third-order valence-electron chi connectivity index (χ3n) is 5.21. The number of sulfonamides is 1. The highest BCUT2D eigenvalue weighted by Gasteiger charge is 2.29. The Kier molecular flexibility index (Phi) is 7.53. The van der Waals surface area contributed by atoms with Crippen LogP contribution in [0.1, 0.15) is 23.2 Å². The summed E-state index contributed by atoms with van der Waals surface area (Å²) in [6, 6.07) is 12.5. The van der Waals surface area contributed by atoms with Gasteiger partial charge in [0.1, 0.15) is 5.75 Å². The number of carbonyl (C=O) groups is 2. The second-order valence-corrected chi connectivity index (χ2v) is 9.17. The topological polar surface area (TPSA) is 105 Å². The number of rotatable bonds is 8. The fourth-order valence-corrected chi connectivity index (χ4v) is 4.66. The largest absolute Gasteiger partial charge is 0.497 e. The van der Waals surface area contributed by atoms with E-state index in [1.54, 1.807) is 41.3 Å². The molecular formula is C23H27N3O5S. The van der Waals surface area contributed by atoms with E-state index < -0.39 is 10.0 Å². The minimum Gasteiger partial charge on any atom is -0.497 e. The van der Waals surface area contributed by atoms with Gasteiger partial charge in [0, 0.05) is 37.0 Å². The summed E-state index contributed by atoms with van der Waals surface area (Å²) in [5.74, 6) is -0.188. The van der Waals surface area contributed by atoms with Gasteiger partial charge in [-0.15, -0.1) is 6.58 Å². The van der Waals surface area contributed by atoms with Crippen molar-refractivity contribution >= 4 is 27.5 Å². The van der Waals surface area contributed by atoms with Crippen LogP contribution in [0.15, 0.2) is 66.1 Å². The molecule has 2 aromatic rings. The van der Waals surface area contributed by atoms with Gasteiger partial charge >= 0.3 is 0 Å². The molecule has 1 saturated heterocycles. The molecule has 9 heteroatoms. The van der Waals surface area contributed by atoms with Crippen LogP contribution in [0.4, 0.5) is 5.69 Å². The van der Waals surface area contributed by atoms with Gasteiger partial charge in [0.25, 0.3) is 15.9 Å². The summed E-state index contributed by atoms with van der Waals surface area (Å²) in [6.07, 6.45) is 3.05. The van der Waals surface area contributed by atoms with Crippen molar-refractivity contribution < 1.29 is 22.7 Å². The van der Waals surface area contributed by atoms with Crippen LogP contribution in [0.25, 0.3) is 0 Å². The Labute approximate surface area is 188 Å². The molecule has 8 nitrogen and oxygen atoms in total. The summed E-state index contributed by atoms with van der Waals surface area (Å²) < 4.78 is 33.1. The first-order valence-electron chi connectivity index (χ1n) is 10.3. The Balaban J connectivity index is 1.73. The van der Waals surface area contributed by atoms with E-state index in [9.17, 15) is 18.0 Å². The fraction of sp³-hybridized carbons (Fsp3) is 0.304. The molecule has 32 heavy (non-hydrogen) atoms. The lowest BCUT2D eigenvalue weighted by molar-refractivity contribution is -0.126. The van der Waals surface area contributed by atoms with E-state index >= 15 is 0 Å². The summed E-state index contributed by atoms with van der Waals surface area (Å²) in [5.41, 5.74) is 0.624. The van der Waals surface area contributed by atoms with Gasteiger partial charge in [-0.1, -0.05) is 18.2 Å². The molecule has 1 aliphatic rings. The van der Waals surface area contributed by atoms with Crippen molar-refractivity contribution in [1.82, 2.24) is 10.2 Å². The minimum absolute atomic E-state index is 0.0537. The van der Waals surface area contributed by atoms with Crippen LogP contribution in [0.2, 0.25) is 0 Å². The number of anilines is 1. The number of likely N-dealkylation sites (tertiary alicyclic amines) is 1. The number of hydrogen-bond donors (Lipinski definition) is 2. The monoisotopic (exact) mass is 457 g/mol. The Bertz CT molecular complexity index is 1100. The first-order chi connectivity index (χ1) is 15.3. The molecular weight excluding hydrogens is 430 g/mol. The fourth-order valence-electron chi connectivity index (χ4n) is 3.57. The summed E-state index contributed by atoms with van der Waals surface area (Å²) >= 11 is 0. The second-order valence-electron chi connectivity index (χ2n) is 7.49. The van der Waals surface area contributed by atoms with E-state index in [1.807, 2.05) is 0 Å². The van der Waals surface area contributed by atoms with Crippen LogP contribution in [0.3, 0.4) is 0 Å². The van der Waals surface area contributed by atoms with E-state index in [2.05, 4.69) is 16.6 Å². The molecule has 1 aliphatic heterocycles. The Morgan fingerprint density at radius 3 is 2.75 bits per heavy atom. The maximum absolute atomic E-state index is 13.0. The lowest BCUT2D eigenvalue weighted by Crippen LogP contribution is -2.45. The number of benzene rings is 2. The van der Waals surface area contributed by atoms with Crippen LogP contribution in [-0.4, -0.2) is 51.9 Å². The van der Waals surface area contributed by atoms with Crippen molar-refractivity contribution in [2.45, 2.75) is 17.7 Å². The Hall–Kier alpha value is -3.33. The van der Waals surface area contributed by atoms with Crippen LogP contribution < -0.4 is 14.8 Å². The predicted octanol–water partition coefficient (Wildman–Crippen LogP) is 2.65. The molecule has 2 amide bonds. The minimum atomic E-state index is -3.86. The maximum atomic E-state index is 13.0. The van der Waals surface area contributed by atoms with Crippen LogP contribution in [0, 0.1) is 5.92 Å². The van der Waals surface area contributed by atoms with Gasteiger partial charge in [-0.25, -0.2) is 8.42 Å². The van der Waals surface area contributed by atoms with Crippen LogP contribution >= 0.6 is 0 Å². The standard InChI is InChI=1S/C23H27N3O5S/c1-3-12-24-22(27)18-8-6-13-26(16-18)23(28)17-7-4-9-19(14-17)25-32(29,30)21-11-5-10-20(15-21)31-2/h3-5,7,9-11,14-15,18,25H,1,6,8,12-13,16H2,2H3,(H,24,27). The van der Waals surface area contributed by atoms with E-state index in [4.69, 9.17) is 4.74 Å². The molecule has 1 heterocycles. The maximum Gasteiger partial charge on any atom is 0.262 e. The molecule has 1 fully saturated rings. The Morgan fingerprint density at radius 2 is 2.00 bits per heavy atom. The summed E-state index contributed by atoms with van der Waals surface area (Å²) in [7, 11) is -2.40. The lowest BCUT2D eigenvalue weighted by atomic mass is 9.96.